The molecule has 4 rings (SSSR count). The number of carbonyl (C=O) groups is 1. The van der Waals surface area contributed by atoms with Gasteiger partial charge in [-0.15, -0.1) is 0 Å². The Hall–Kier alpha value is -2.86. The third kappa shape index (κ3) is 4.33. The summed E-state index contributed by atoms with van der Waals surface area (Å²) >= 11 is 0. The average molecular weight is 409 g/mol. The summed E-state index contributed by atoms with van der Waals surface area (Å²) in [5, 5.41) is 5.94. The molecular formula is C24H29FN4O. The highest BCUT2D eigenvalue weighted by molar-refractivity contribution is 6.31. The summed E-state index contributed by atoms with van der Waals surface area (Å²) in [4.78, 5) is 17.2. The molecule has 158 valence electrons. The smallest absolute Gasteiger partial charge is 0.257 e. The number of aryl methyl sites for hydroxylation is 1. The number of anilines is 3. The molecule has 0 aliphatic carbocycles. The maximum Gasteiger partial charge on any atom is 0.257 e. The fourth-order valence-corrected chi connectivity index (χ4v) is 4.16. The van der Waals surface area contributed by atoms with Crippen molar-refractivity contribution in [2.45, 2.75) is 26.7 Å². The zero-order chi connectivity index (χ0) is 21.1. The van der Waals surface area contributed by atoms with Crippen molar-refractivity contribution in [3.05, 3.63) is 59.5 Å². The molecule has 1 saturated heterocycles. The van der Waals surface area contributed by atoms with Crippen LogP contribution in [0.1, 0.15) is 30.9 Å². The average Bonchev–Trinajstić information content (AvgIpc) is 3.05. The highest BCUT2D eigenvalue weighted by Gasteiger charge is 2.24. The van der Waals surface area contributed by atoms with Gasteiger partial charge in [0.15, 0.2) is 0 Å². The van der Waals surface area contributed by atoms with E-state index in [1.807, 2.05) is 6.07 Å². The Labute approximate surface area is 177 Å². The van der Waals surface area contributed by atoms with Gasteiger partial charge >= 0.3 is 0 Å². The van der Waals surface area contributed by atoms with E-state index in [9.17, 15) is 9.18 Å². The lowest BCUT2D eigenvalue weighted by molar-refractivity contribution is -0.110. The summed E-state index contributed by atoms with van der Waals surface area (Å²) in [5.74, 6) is -0.585. The number of unbranched alkanes of at least 4 members (excludes halogenated alkanes) is 1. The molecule has 2 aromatic rings. The van der Waals surface area contributed by atoms with E-state index in [4.69, 9.17) is 0 Å². The van der Waals surface area contributed by atoms with Gasteiger partial charge in [0.05, 0.1) is 11.3 Å². The van der Waals surface area contributed by atoms with Gasteiger partial charge in [0.25, 0.3) is 5.91 Å². The van der Waals surface area contributed by atoms with E-state index in [-0.39, 0.29) is 11.7 Å². The van der Waals surface area contributed by atoms with E-state index in [1.54, 1.807) is 12.3 Å². The third-order valence-corrected chi connectivity index (χ3v) is 5.89. The van der Waals surface area contributed by atoms with Gasteiger partial charge in [-0.1, -0.05) is 13.3 Å². The molecule has 2 heterocycles. The van der Waals surface area contributed by atoms with E-state index in [2.05, 4.69) is 46.4 Å². The fourth-order valence-electron chi connectivity index (χ4n) is 4.16. The van der Waals surface area contributed by atoms with Crippen LogP contribution in [0.25, 0.3) is 5.57 Å². The van der Waals surface area contributed by atoms with E-state index >= 15 is 0 Å². The van der Waals surface area contributed by atoms with Gasteiger partial charge in [0.2, 0.25) is 0 Å². The molecule has 0 aromatic heterocycles. The van der Waals surface area contributed by atoms with Crippen LogP contribution in [0, 0.1) is 12.7 Å². The summed E-state index contributed by atoms with van der Waals surface area (Å²) in [7, 11) is 0. The first-order chi connectivity index (χ1) is 14.5. The van der Waals surface area contributed by atoms with Crippen molar-refractivity contribution in [3.8, 4) is 0 Å². The van der Waals surface area contributed by atoms with E-state index in [1.165, 1.54) is 42.8 Å². The Balaban J connectivity index is 1.42. The summed E-state index contributed by atoms with van der Waals surface area (Å²) in [6, 6.07) is 10.6. The highest BCUT2D eigenvalue weighted by atomic mass is 19.1. The molecule has 0 saturated carbocycles. The molecule has 0 unspecified atom stereocenters. The van der Waals surface area contributed by atoms with Crippen molar-refractivity contribution in [1.29, 1.82) is 0 Å². The molecule has 0 spiro atoms. The van der Waals surface area contributed by atoms with Gasteiger partial charge in [-0.2, -0.15) is 0 Å². The molecule has 0 bridgehead atoms. The minimum absolute atomic E-state index is 0.225. The summed E-state index contributed by atoms with van der Waals surface area (Å²) in [5.41, 5.74) is 5.13. The first-order valence-electron chi connectivity index (χ1n) is 10.7. The van der Waals surface area contributed by atoms with Crippen LogP contribution in [-0.2, 0) is 4.79 Å². The summed E-state index contributed by atoms with van der Waals surface area (Å²) < 4.78 is 13.4. The molecule has 0 radical (unpaired) electrons. The molecule has 2 aromatic carbocycles. The standard InChI is InChI=1S/C24H29FN4O/c1-3-4-9-28-10-12-29(13-11-28)23-8-6-19(14-17(23)2)26-16-21-20-7-5-18(25)15-22(20)27-24(21)30/h5-8,14-16,26H,3-4,9-13H2,1-2H3,(H,27,30)/b21-16+. The number of hydrogen-bond donors (Lipinski definition) is 2. The van der Waals surface area contributed by atoms with E-state index in [0.29, 0.717) is 16.8 Å². The number of benzene rings is 2. The van der Waals surface area contributed by atoms with Crippen LogP contribution in [0.3, 0.4) is 0 Å². The molecule has 5 nitrogen and oxygen atoms in total. The Morgan fingerprint density at radius 3 is 2.67 bits per heavy atom. The Morgan fingerprint density at radius 2 is 1.93 bits per heavy atom. The van der Waals surface area contributed by atoms with Crippen LogP contribution >= 0.6 is 0 Å². The molecule has 2 aliphatic rings. The van der Waals surface area contributed by atoms with E-state index in [0.717, 1.165) is 31.9 Å². The number of hydrogen-bond acceptors (Lipinski definition) is 4. The molecule has 2 N–H and O–H groups in total. The number of amides is 1. The number of piperazine rings is 1. The maximum absolute atomic E-state index is 13.4. The molecular weight excluding hydrogens is 379 g/mol. The monoisotopic (exact) mass is 408 g/mol. The van der Waals surface area contributed by atoms with E-state index < -0.39 is 0 Å². The van der Waals surface area contributed by atoms with Crippen molar-refractivity contribution < 1.29 is 9.18 Å². The highest BCUT2D eigenvalue weighted by Crippen LogP contribution is 2.32. The number of carbonyl (C=O) groups excluding carboxylic acids is 1. The second kappa shape index (κ2) is 8.88. The number of rotatable bonds is 6. The summed E-state index contributed by atoms with van der Waals surface area (Å²) in [6.45, 7) is 9.88. The largest absolute Gasteiger partial charge is 0.369 e. The third-order valence-electron chi connectivity index (χ3n) is 5.89. The Kier molecular flexibility index (Phi) is 6.04. The van der Waals surface area contributed by atoms with Crippen molar-refractivity contribution in [3.63, 3.8) is 0 Å². The Morgan fingerprint density at radius 1 is 1.13 bits per heavy atom. The van der Waals surface area contributed by atoms with Crippen LogP contribution in [0.2, 0.25) is 0 Å². The second-order valence-corrected chi connectivity index (χ2v) is 8.03. The van der Waals surface area contributed by atoms with Gasteiger partial charge in [-0.25, -0.2) is 4.39 Å². The SMILES string of the molecule is CCCCN1CCN(c2ccc(N/C=C3/C(=O)Nc4cc(F)ccc43)cc2C)CC1. The number of fused-ring (bicyclic) bond motifs is 1. The van der Waals surface area contributed by atoms with Crippen LogP contribution in [0.15, 0.2) is 42.6 Å². The van der Waals surface area contributed by atoms with Gasteiger partial charge in [-0.3, -0.25) is 9.69 Å². The lowest BCUT2D eigenvalue weighted by atomic mass is 10.1. The molecule has 6 heteroatoms. The molecule has 2 aliphatic heterocycles. The molecule has 0 atom stereocenters. The van der Waals surface area contributed by atoms with Crippen molar-refractivity contribution in [1.82, 2.24) is 4.90 Å². The zero-order valence-corrected chi connectivity index (χ0v) is 17.7. The molecule has 30 heavy (non-hydrogen) atoms. The van der Waals surface area contributed by atoms with Gasteiger partial charge in [0, 0.05) is 49.3 Å². The quantitative estimate of drug-likeness (QED) is 0.693. The number of nitrogens with one attached hydrogen (secondary N) is 2. The topological polar surface area (TPSA) is 47.6 Å². The maximum atomic E-state index is 13.4. The predicted octanol–water partition coefficient (Wildman–Crippen LogP) is 4.46. The minimum atomic E-state index is -0.360. The van der Waals surface area contributed by atoms with Crippen LogP contribution in [0.5, 0.6) is 0 Å². The molecule has 1 amide bonds. The lowest BCUT2D eigenvalue weighted by Crippen LogP contribution is -2.46. The predicted molar refractivity (Wildman–Crippen MR) is 121 cm³/mol. The van der Waals surface area contributed by atoms with Gasteiger partial charge < -0.3 is 15.5 Å². The van der Waals surface area contributed by atoms with Crippen LogP contribution < -0.4 is 15.5 Å². The molecule has 1 fully saturated rings. The normalized spacial score (nSPS) is 17.9. The number of halogens is 1. The van der Waals surface area contributed by atoms with Crippen LogP contribution in [-0.4, -0.2) is 43.5 Å². The minimum Gasteiger partial charge on any atom is -0.369 e. The zero-order valence-electron chi connectivity index (χ0n) is 17.7. The first-order valence-corrected chi connectivity index (χ1v) is 10.7. The van der Waals surface area contributed by atoms with Gasteiger partial charge in [0.1, 0.15) is 5.82 Å². The first kappa shape index (κ1) is 20.4. The fraction of sp³-hybridized carbons (Fsp3) is 0.375. The lowest BCUT2D eigenvalue weighted by Gasteiger charge is -2.37. The van der Waals surface area contributed by atoms with Crippen LogP contribution in [0.4, 0.5) is 21.5 Å². The van der Waals surface area contributed by atoms with Gasteiger partial charge in [-0.05, 0) is 61.9 Å². The second-order valence-electron chi connectivity index (χ2n) is 8.03. The summed E-state index contributed by atoms with van der Waals surface area (Å²) in [6.07, 6.45) is 4.21. The number of nitrogens with zero attached hydrogens (tertiary/aromatic N) is 2. The Bertz CT molecular complexity index is 964. The van der Waals surface area contributed by atoms with Crippen molar-refractivity contribution >= 4 is 28.5 Å². The van der Waals surface area contributed by atoms with Crippen molar-refractivity contribution in [2.75, 3.05) is 48.3 Å². The van der Waals surface area contributed by atoms with Crippen molar-refractivity contribution in [2.24, 2.45) is 0 Å².